The smallest absolute Gasteiger partial charge is 0.225 e. The average Bonchev–Trinajstić information content (AvgIpc) is 2.88. The minimum atomic E-state index is 0.377. The molecule has 0 amide bonds. The standard InChI is InChI=1S/C14H17N5/c1-10-8-11(2)18-13(17-10)12-4-7-19(9-12)14-15-5-3-6-16-14/h3,5-6,8,12H,4,7,9H2,1-2H3. The Morgan fingerprint density at radius 2 is 1.79 bits per heavy atom. The van der Waals surface area contributed by atoms with E-state index in [9.17, 15) is 0 Å². The van der Waals surface area contributed by atoms with Crippen molar-refractivity contribution in [1.82, 2.24) is 19.9 Å². The second-order valence-electron chi connectivity index (χ2n) is 4.99. The molecule has 19 heavy (non-hydrogen) atoms. The summed E-state index contributed by atoms with van der Waals surface area (Å²) in [5.74, 6) is 2.13. The van der Waals surface area contributed by atoms with E-state index in [1.807, 2.05) is 26.0 Å². The Kier molecular flexibility index (Phi) is 3.11. The molecule has 0 aliphatic carbocycles. The van der Waals surface area contributed by atoms with Gasteiger partial charge in [0.05, 0.1) is 0 Å². The molecule has 2 aromatic rings. The molecule has 1 aliphatic rings. The van der Waals surface area contributed by atoms with Crippen molar-refractivity contribution < 1.29 is 0 Å². The SMILES string of the molecule is Cc1cc(C)nc(C2CCN(c3ncccn3)C2)n1. The van der Waals surface area contributed by atoms with Gasteiger partial charge in [0.1, 0.15) is 5.82 Å². The van der Waals surface area contributed by atoms with Gasteiger partial charge in [0.15, 0.2) is 0 Å². The van der Waals surface area contributed by atoms with E-state index in [0.717, 1.165) is 42.7 Å². The predicted molar refractivity (Wildman–Crippen MR) is 73.1 cm³/mol. The van der Waals surface area contributed by atoms with Gasteiger partial charge in [-0.15, -0.1) is 0 Å². The predicted octanol–water partition coefficient (Wildman–Crippen LogP) is 1.88. The van der Waals surface area contributed by atoms with Crippen LogP contribution in [0.2, 0.25) is 0 Å². The highest BCUT2D eigenvalue weighted by Crippen LogP contribution is 2.27. The monoisotopic (exact) mass is 255 g/mol. The Hall–Kier alpha value is -2.04. The number of aromatic nitrogens is 4. The minimum Gasteiger partial charge on any atom is -0.340 e. The molecule has 0 bridgehead atoms. The van der Waals surface area contributed by atoms with Crippen LogP contribution in [-0.4, -0.2) is 33.0 Å². The third kappa shape index (κ3) is 2.54. The van der Waals surface area contributed by atoms with E-state index < -0.39 is 0 Å². The summed E-state index contributed by atoms with van der Waals surface area (Å²) in [6.07, 6.45) is 4.62. The zero-order valence-corrected chi connectivity index (χ0v) is 11.2. The number of rotatable bonds is 2. The molecular weight excluding hydrogens is 238 g/mol. The molecule has 3 heterocycles. The molecule has 0 aromatic carbocycles. The van der Waals surface area contributed by atoms with Gasteiger partial charge in [-0.1, -0.05) is 0 Å². The summed E-state index contributed by atoms with van der Waals surface area (Å²) in [6.45, 7) is 5.90. The molecule has 1 atom stereocenters. The fourth-order valence-electron chi connectivity index (χ4n) is 2.54. The molecule has 0 N–H and O–H groups in total. The van der Waals surface area contributed by atoms with Crippen molar-refractivity contribution >= 4 is 5.95 Å². The van der Waals surface area contributed by atoms with Crippen LogP contribution in [0.15, 0.2) is 24.5 Å². The van der Waals surface area contributed by atoms with Crippen LogP contribution in [-0.2, 0) is 0 Å². The lowest BCUT2D eigenvalue weighted by molar-refractivity contribution is 0.698. The lowest BCUT2D eigenvalue weighted by Crippen LogP contribution is -2.22. The summed E-state index contributed by atoms with van der Waals surface area (Å²) in [5.41, 5.74) is 2.08. The maximum Gasteiger partial charge on any atom is 0.225 e. The average molecular weight is 255 g/mol. The van der Waals surface area contributed by atoms with Gasteiger partial charge in [-0.2, -0.15) is 0 Å². The second-order valence-corrected chi connectivity index (χ2v) is 4.99. The van der Waals surface area contributed by atoms with E-state index in [1.165, 1.54) is 0 Å². The molecule has 2 aromatic heterocycles. The van der Waals surface area contributed by atoms with Gasteiger partial charge in [-0.25, -0.2) is 19.9 Å². The highest BCUT2D eigenvalue weighted by atomic mass is 15.3. The first-order valence-electron chi connectivity index (χ1n) is 6.56. The van der Waals surface area contributed by atoms with Crippen LogP contribution in [0, 0.1) is 13.8 Å². The van der Waals surface area contributed by atoms with E-state index >= 15 is 0 Å². The summed E-state index contributed by atoms with van der Waals surface area (Å²) in [4.78, 5) is 19.9. The molecule has 1 aliphatic heterocycles. The maximum absolute atomic E-state index is 4.57. The van der Waals surface area contributed by atoms with Crippen molar-refractivity contribution in [2.24, 2.45) is 0 Å². The van der Waals surface area contributed by atoms with E-state index in [1.54, 1.807) is 12.4 Å². The van der Waals surface area contributed by atoms with Gasteiger partial charge in [0, 0.05) is 42.8 Å². The van der Waals surface area contributed by atoms with E-state index in [2.05, 4.69) is 24.8 Å². The lowest BCUT2D eigenvalue weighted by atomic mass is 10.1. The van der Waals surface area contributed by atoms with Crippen molar-refractivity contribution in [3.8, 4) is 0 Å². The van der Waals surface area contributed by atoms with Gasteiger partial charge >= 0.3 is 0 Å². The molecule has 3 rings (SSSR count). The van der Waals surface area contributed by atoms with Crippen molar-refractivity contribution in [3.05, 3.63) is 41.7 Å². The Morgan fingerprint density at radius 1 is 1.11 bits per heavy atom. The maximum atomic E-state index is 4.57. The number of anilines is 1. The lowest BCUT2D eigenvalue weighted by Gasteiger charge is -2.15. The Morgan fingerprint density at radius 3 is 2.47 bits per heavy atom. The number of aryl methyl sites for hydroxylation is 2. The van der Waals surface area contributed by atoms with Crippen LogP contribution < -0.4 is 4.90 Å². The number of hydrogen-bond acceptors (Lipinski definition) is 5. The summed E-state index contributed by atoms with van der Waals surface area (Å²) in [7, 11) is 0. The fraction of sp³-hybridized carbons (Fsp3) is 0.429. The van der Waals surface area contributed by atoms with Gasteiger partial charge in [-0.05, 0) is 32.4 Å². The van der Waals surface area contributed by atoms with Crippen molar-refractivity contribution in [2.45, 2.75) is 26.2 Å². The molecule has 0 spiro atoms. The normalized spacial score (nSPS) is 18.8. The largest absolute Gasteiger partial charge is 0.340 e. The van der Waals surface area contributed by atoms with Gasteiger partial charge in [-0.3, -0.25) is 0 Å². The first kappa shape index (κ1) is 12.0. The zero-order chi connectivity index (χ0) is 13.2. The highest BCUT2D eigenvalue weighted by Gasteiger charge is 2.27. The summed E-state index contributed by atoms with van der Waals surface area (Å²) < 4.78 is 0. The molecule has 1 saturated heterocycles. The molecule has 1 fully saturated rings. The molecule has 5 heteroatoms. The Labute approximate surface area is 112 Å². The summed E-state index contributed by atoms with van der Waals surface area (Å²) >= 11 is 0. The number of nitrogens with zero attached hydrogens (tertiary/aromatic N) is 5. The minimum absolute atomic E-state index is 0.377. The molecule has 0 saturated carbocycles. The van der Waals surface area contributed by atoms with Crippen molar-refractivity contribution in [2.75, 3.05) is 18.0 Å². The third-order valence-electron chi connectivity index (χ3n) is 3.39. The van der Waals surface area contributed by atoms with Crippen LogP contribution in [0.5, 0.6) is 0 Å². The first-order chi connectivity index (χ1) is 9.22. The summed E-state index contributed by atoms with van der Waals surface area (Å²) in [5, 5.41) is 0. The van der Waals surface area contributed by atoms with Crippen LogP contribution in [0.3, 0.4) is 0 Å². The molecule has 0 radical (unpaired) electrons. The van der Waals surface area contributed by atoms with Gasteiger partial charge < -0.3 is 4.90 Å². The second kappa shape index (κ2) is 4.91. The van der Waals surface area contributed by atoms with Crippen LogP contribution in [0.4, 0.5) is 5.95 Å². The first-order valence-corrected chi connectivity index (χ1v) is 6.56. The highest BCUT2D eigenvalue weighted by molar-refractivity contribution is 5.32. The van der Waals surface area contributed by atoms with E-state index in [4.69, 9.17) is 0 Å². The molecule has 98 valence electrons. The van der Waals surface area contributed by atoms with Gasteiger partial charge in [0.2, 0.25) is 5.95 Å². The quantitative estimate of drug-likeness (QED) is 0.820. The van der Waals surface area contributed by atoms with Crippen LogP contribution in [0.25, 0.3) is 0 Å². The van der Waals surface area contributed by atoms with Gasteiger partial charge in [0.25, 0.3) is 0 Å². The van der Waals surface area contributed by atoms with E-state index in [-0.39, 0.29) is 0 Å². The Balaban J connectivity index is 1.79. The van der Waals surface area contributed by atoms with Crippen LogP contribution in [0.1, 0.15) is 29.6 Å². The van der Waals surface area contributed by atoms with E-state index in [0.29, 0.717) is 5.92 Å². The third-order valence-corrected chi connectivity index (χ3v) is 3.39. The number of hydrogen-bond donors (Lipinski definition) is 0. The zero-order valence-electron chi connectivity index (χ0n) is 11.2. The molecule has 5 nitrogen and oxygen atoms in total. The topological polar surface area (TPSA) is 54.8 Å². The molecule has 1 unspecified atom stereocenters. The Bertz CT molecular complexity index is 549. The van der Waals surface area contributed by atoms with Crippen molar-refractivity contribution in [3.63, 3.8) is 0 Å². The molecular formula is C14H17N5. The summed E-state index contributed by atoms with van der Waals surface area (Å²) in [6, 6.07) is 3.85. The van der Waals surface area contributed by atoms with Crippen LogP contribution >= 0.6 is 0 Å². The fourth-order valence-corrected chi connectivity index (χ4v) is 2.54. The van der Waals surface area contributed by atoms with Crippen molar-refractivity contribution in [1.29, 1.82) is 0 Å².